The molecule has 0 aliphatic carbocycles. The van der Waals surface area contributed by atoms with E-state index in [1.54, 1.807) is 0 Å². The molecular weight excluding hydrogens is 396 g/mol. The minimum Gasteiger partial charge on any atom is -0.483 e. The van der Waals surface area contributed by atoms with Crippen molar-refractivity contribution >= 4 is 33.4 Å². The Balaban J connectivity index is 1.73. The largest absolute Gasteiger partial charge is 0.483 e. The van der Waals surface area contributed by atoms with E-state index in [1.165, 1.54) is 0 Å². The number of nitrogens with one attached hydrogen (secondary N) is 2. The fraction of sp³-hybridized carbons (Fsp3) is 0.300. The van der Waals surface area contributed by atoms with Crippen LogP contribution < -0.4 is 15.4 Å². The number of anilines is 1. The van der Waals surface area contributed by atoms with Crippen LogP contribution in [0.4, 0.5) is 5.69 Å². The number of amides is 2. The second-order valence-corrected chi connectivity index (χ2v) is 7.08. The molecule has 2 amide bonds. The van der Waals surface area contributed by atoms with Crippen molar-refractivity contribution in [2.24, 2.45) is 0 Å². The molecule has 0 saturated carbocycles. The smallest absolute Gasteiger partial charge is 0.257 e. The molecule has 2 aromatic carbocycles. The number of ether oxygens (including phenoxy) is 1. The van der Waals surface area contributed by atoms with Crippen molar-refractivity contribution in [2.45, 2.75) is 27.2 Å². The fourth-order valence-corrected chi connectivity index (χ4v) is 2.68. The number of aryl methyl sites for hydroxylation is 3. The Bertz CT molecular complexity index is 806. The van der Waals surface area contributed by atoms with Gasteiger partial charge in [-0.25, -0.2) is 0 Å². The Kier molecular flexibility index (Phi) is 7.21. The van der Waals surface area contributed by atoms with E-state index in [0.29, 0.717) is 5.75 Å². The molecule has 5 nitrogen and oxygen atoms in total. The minimum atomic E-state index is -0.252. The summed E-state index contributed by atoms with van der Waals surface area (Å²) in [5.41, 5.74) is 3.79. The van der Waals surface area contributed by atoms with Gasteiger partial charge in [0.05, 0.1) is 0 Å². The van der Waals surface area contributed by atoms with Crippen molar-refractivity contribution < 1.29 is 14.3 Å². The van der Waals surface area contributed by atoms with Crippen molar-refractivity contribution in [3.05, 3.63) is 57.6 Å². The predicted molar refractivity (Wildman–Crippen MR) is 107 cm³/mol. The average molecular weight is 419 g/mol. The first-order chi connectivity index (χ1) is 12.3. The molecule has 2 aromatic rings. The van der Waals surface area contributed by atoms with Gasteiger partial charge in [-0.2, -0.15) is 0 Å². The highest BCUT2D eigenvalue weighted by Gasteiger charge is 2.08. The monoisotopic (exact) mass is 418 g/mol. The molecule has 0 aliphatic rings. The van der Waals surface area contributed by atoms with Gasteiger partial charge in [0.1, 0.15) is 5.75 Å². The van der Waals surface area contributed by atoms with Crippen LogP contribution in [0.25, 0.3) is 0 Å². The van der Waals surface area contributed by atoms with Crippen molar-refractivity contribution in [1.29, 1.82) is 0 Å². The van der Waals surface area contributed by atoms with Crippen molar-refractivity contribution in [2.75, 3.05) is 18.5 Å². The number of hydrogen-bond acceptors (Lipinski definition) is 3. The highest BCUT2D eigenvalue weighted by atomic mass is 79.9. The summed E-state index contributed by atoms with van der Waals surface area (Å²) in [5.74, 6) is 0.294. The molecule has 0 spiro atoms. The summed E-state index contributed by atoms with van der Waals surface area (Å²) in [5, 5.41) is 5.54. The predicted octanol–water partition coefficient (Wildman–Crippen LogP) is 3.90. The molecule has 0 unspecified atom stereocenters. The maximum atomic E-state index is 12.0. The lowest BCUT2D eigenvalue weighted by Crippen LogP contribution is -2.31. The second kappa shape index (κ2) is 9.38. The van der Waals surface area contributed by atoms with Crippen LogP contribution in [0.15, 0.2) is 40.9 Å². The number of carbonyl (C=O) groups is 2. The molecule has 6 heteroatoms. The number of hydrogen-bond donors (Lipinski definition) is 2. The van der Waals surface area contributed by atoms with Gasteiger partial charge < -0.3 is 15.4 Å². The Morgan fingerprint density at radius 2 is 1.73 bits per heavy atom. The van der Waals surface area contributed by atoms with Crippen LogP contribution in [-0.2, 0) is 9.59 Å². The van der Waals surface area contributed by atoms with E-state index in [-0.39, 0.29) is 31.4 Å². The molecule has 0 aliphatic heterocycles. The highest BCUT2D eigenvalue weighted by Crippen LogP contribution is 2.21. The van der Waals surface area contributed by atoms with Gasteiger partial charge in [0.25, 0.3) is 5.91 Å². The van der Waals surface area contributed by atoms with Crippen LogP contribution in [0, 0.1) is 20.8 Å². The zero-order chi connectivity index (χ0) is 19.1. The molecule has 2 N–H and O–H groups in total. The minimum absolute atomic E-state index is 0.0728. The molecule has 138 valence electrons. The molecule has 0 saturated heterocycles. The Morgan fingerprint density at radius 1 is 1.00 bits per heavy atom. The fourth-order valence-electron chi connectivity index (χ4n) is 2.31. The van der Waals surface area contributed by atoms with E-state index in [4.69, 9.17) is 4.74 Å². The molecule has 26 heavy (non-hydrogen) atoms. The summed E-state index contributed by atoms with van der Waals surface area (Å²) in [6.07, 6.45) is 0.196. The van der Waals surface area contributed by atoms with E-state index < -0.39 is 0 Å². The van der Waals surface area contributed by atoms with Gasteiger partial charge in [0, 0.05) is 23.1 Å². The van der Waals surface area contributed by atoms with Gasteiger partial charge >= 0.3 is 0 Å². The number of halogens is 1. The quantitative estimate of drug-likeness (QED) is 0.716. The van der Waals surface area contributed by atoms with Crippen LogP contribution >= 0.6 is 15.9 Å². The lowest BCUT2D eigenvalue weighted by Gasteiger charge is -2.11. The topological polar surface area (TPSA) is 67.4 Å². The van der Waals surface area contributed by atoms with Crippen molar-refractivity contribution in [3.8, 4) is 5.75 Å². The Hall–Kier alpha value is -2.34. The third kappa shape index (κ3) is 6.19. The van der Waals surface area contributed by atoms with E-state index in [9.17, 15) is 9.59 Å². The molecule has 0 heterocycles. The van der Waals surface area contributed by atoms with E-state index >= 15 is 0 Å². The number of carbonyl (C=O) groups excluding carboxylic acids is 2. The van der Waals surface area contributed by atoms with E-state index in [2.05, 4.69) is 26.6 Å². The SMILES string of the molecule is Cc1ccc(C)c(OCC(=O)NCCC(=O)Nc2cc(Br)ccc2C)c1. The summed E-state index contributed by atoms with van der Waals surface area (Å²) in [4.78, 5) is 23.9. The molecule has 2 rings (SSSR count). The van der Waals surface area contributed by atoms with Crippen LogP contribution in [0.1, 0.15) is 23.1 Å². The second-order valence-electron chi connectivity index (χ2n) is 6.16. The van der Waals surface area contributed by atoms with Crippen LogP contribution in [0.2, 0.25) is 0 Å². The molecule has 0 aromatic heterocycles. The normalized spacial score (nSPS) is 10.3. The van der Waals surface area contributed by atoms with Gasteiger partial charge in [-0.05, 0) is 55.7 Å². The van der Waals surface area contributed by atoms with Gasteiger partial charge in [0.15, 0.2) is 6.61 Å². The average Bonchev–Trinajstić information content (AvgIpc) is 2.59. The lowest BCUT2D eigenvalue weighted by atomic mass is 10.1. The lowest BCUT2D eigenvalue weighted by molar-refractivity contribution is -0.123. The van der Waals surface area contributed by atoms with E-state index in [0.717, 1.165) is 26.9 Å². The van der Waals surface area contributed by atoms with Crippen molar-refractivity contribution in [1.82, 2.24) is 5.32 Å². The van der Waals surface area contributed by atoms with Gasteiger partial charge in [-0.3, -0.25) is 9.59 Å². The molecule has 0 bridgehead atoms. The first-order valence-corrected chi connectivity index (χ1v) is 9.17. The third-order valence-corrected chi connectivity index (χ3v) is 4.34. The van der Waals surface area contributed by atoms with Crippen molar-refractivity contribution in [3.63, 3.8) is 0 Å². The van der Waals surface area contributed by atoms with Crippen LogP contribution in [0.3, 0.4) is 0 Å². The third-order valence-electron chi connectivity index (χ3n) is 3.85. The van der Waals surface area contributed by atoms with Crippen LogP contribution in [0.5, 0.6) is 5.75 Å². The van der Waals surface area contributed by atoms with Crippen LogP contribution in [-0.4, -0.2) is 25.0 Å². The van der Waals surface area contributed by atoms with Gasteiger partial charge in [-0.1, -0.05) is 34.1 Å². The maximum absolute atomic E-state index is 12.0. The first kappa shape index (κ1) is 20.0. The van der Waals surface area contributed by atoms with Gasteiger partial charge in [0.2, 0.25) is 5.91 Å². The highest BCUT2D eigenvalue weighted by molar-refractivity contribution is 9.10. The zero-order valence-electron chi connectivity index (χ0n) is 15.2. The summed E-state index contributed by atoms with van der Waals surface area (Å²) >= 11 is 3.38. The summed E-state index contributed by atoms with van der Waals surface area (Å²) in [6, 6.07) is 11.5. The molecule has 0 fully saturated rings. The molecule has 0 radical (unpaired) electrons. The number of benzene rings is 2. The molecular formula is C20H23BrN2O3. The first-order valence-electron chi connectivity index (χ1n) is 8.38. The summed E-state index contributed by atoms with van der Waals surface area (Å²) in [6.45, 7) is 6.01. The maximum Gasteiger partial charge on any atom is 0.257 e. The summed E-state index contributed by atoms with van der Waals surface area (Å²) < 4.78 is 6.44. The zero-order valence-corrected chi connectivity index (χ0v) is 16.8. The van der Waals surface area contributed by atoms with Gasteiger partial charge in [-0.15, -0.1) is 0 Å². The Morgan fingerprint density at radius 3 is 2.50 bits per heavy atom. The molecule has 0 atom stereocenters. The summed E-state index contributed by atoms with van der Waals surface area (Å²) in [7, 11) is 0. The standard InChI is InChI=1S/C20H23BrN2O3/c1-13-4-5-15(3)18(10-13)26-12-20(25)22-9-8-19(24)23-17-11-16(21)7-6-14(17)2/h4-7,10-11H,8-9,12H2,1-3H3,(H,22,25)(H,23,24). The Labute approximate surface area is 162 Å². The number of rotatable bonds is 7. The van der Waals surface area contributed by atoms with E-state index in [1.807, 2.05) is 57.2 Å².